The number of rotatable bonds is 5. The zero-order chi connectivity index (χ0) is 14.5. The van der Waals surface area contributed by atoms with Crippen LogP contribution in [0.1, 0.15) is 37.6 Å². The van der Waals surface area contributed by atoms with E-state index in [1.807, 2.05) is 19.2 Å². The number of nitrogens with one attached hydrogen (secondary N) is 1. The fourth-order valence-electron chi connectivity index (χ4n) is 2.16. The average Bonchev–Trinajstić information content (AvgIpc) is 2.44. The van der Waals surface area contributed by atoms with Gasteiger partial charge in [-0.2, -0.15) is 0 Å². The maximum atomic E-state index is 9.52. The Balaban J connectivity index is 2.25. The normalized spacial score (nSPS) is 12.3. The van der Waals surface area contributed by atoms with Crippen LogP contribution in [0.15, 0.2) is 30.5 Å². The number of phenolic OH excluding ortho intramolecular Hbond substituents is 1. The largest absolute Gasteiger partial charge is 0.508 e. The molecule has 0 radical (unpaired) electrons. The molecule has 2 N–H and O–H groups in total. The highest BCUT2D eigenvalue weighted by Crippen LogP contribution is 2.22. The molecule has 2 aromatic rings. The molecule has 0 aliphatic heterocycles. The standard InChI is InChI=1S/C16H21N3O/c1-4-8-17-11(2)15-10-18-16(19-12(15)3)13-6-5-7-14(20)9-13/h5-7,9-11,17,20H,4,8H2,1-3H3. The SMILES string of the molecule is CCCNC(C)c1cnc(-c2cccc(O)c2)nc1C. The summed E-state index contributed by atoms with van der Waals surface area (Å²) in [6.07, 6.45) is 2.97. The lowest BCUT2D eigenvalue weighted by molar-refractivity contribution is 0.475. The Labute approximate surface area is 119 Å². The van der Waals surface area contributed by atoms with E-state index in [1.165, 1.54) is 0 Å². The van der Waals surface area contributed by atoms with Crippen LogP contribution >= 0.6 is 0 Å². The van der Waals surface area contributed by atoms with Crippen LogP contribution in [0.2, 0.25) is 0 Å². The number of phenols is 1. The molecule has 4 heteroatoms. The number of aromatic hydroxyl groups is 1. The minimum atomic E-state index is 0.228. The minimum Gasteiger partial charge on any atom is -0.508 e. The van der Waals surface area contributed by atoms with Gasteiger partial charge in [0.05, 0.1) is 0 Å². The van der Waals surface area contributed by atoms with E-state index < -0.39 is 0 Å². The van der Waals surface area contributed by atoms with E-state index in [9.17, 15) is 5.11 Å². The lowest BCUT2D eigenvalue weighted by atomic mass is 10.1. The van der Waals surface area contributed by atoms with Gasteiger partial charge in [0.25, 0.3) is 0 Å². The minimum absolute atomic E-state index is 0.228. The molecule has 0 bridgehead atoms. The number of benzene rings is 1. The van der Waals surface area contributed by atoms with Crippen molar-refractivity contribution in [3.05, 3.63) is 41.7 Å². The molecule has 4 nitrogen and oxygen atoms in total. The zero-order valence-corrected chi connectivity index (χ0v) is 12.2. The van der Waals surface area contributed by atoms with E-state index in [-0.39, 0.29) is 11.8 Å². The molecule has 0 saturated heterocycles. The maximum absolute atomic E-state index is 9.52. The summed E-state index contributed by atoms with van der Waals surface area (Å²) in [5.41, 5.74) is 2.91. The summed E-state index contributed by atoms with van der Waals surface area (Å²) in [5.74, 6) is 0.871. The van der Waals surface area contributed by atoms with Gasteiger partial charge >= 0.3 is 0 Å². The van der Waals surface area contributed by atoms with Crippen molar-refractivity contribution in [1.82, 2.24) is 15.3 Å². The summed E-state index contributed by atoms with van der Waals surface area (Å²) in [7, 11) is 0. The van der Waals surface area contributed by atoms with E-state index in [2.05, 4.69) is 29.1 Å². The lowest BCUT2D eigenvalue weighted by Gasteiger charge is -2.15. The van der Waals surface area contributed by atoms with Gasteiger partial charge in [-0.3, -0.25) is 0 Å². The van der Waals surface area contributed by atoms with Gasteiger partial charge in [-0.05, 0) is 38.9 Å². The molecule has 0 amide bonds. The first-order valence-corrected chi connectivity index (χ1v) is 6.98. The van der Waals surface area contributed by atoms with E-state index in [1.54, 1.807) is 18.2 Å². The molecule has 106 valence electrons. The fourth-order valence-corrected chi connectivity index (χ4v) is 2.16. The second kappa shape index (κ2) is 6.48. The summed E-state index contributed by atoms with van der Waals surface area (Å²) in [4.78, 5) is 8.97. The number of aromatic nitrogens is 2. The van der Waals surface area contributed by atoms with Crippen molar-refractivity contribution in [2.24, 2.45) is 0 Å². The summed E-state index contributed by atoms with van der Waals surface area (Å²) < 4.78 is 0. The van der Waals surface area contributed by atoms with Crippen LogP contribution in [0.5, 0.6) is 5.75 Å². The van der Waals surface area contributed by atoms with Crippen LogP contribution in [0, 0.1) is 6.92 Å². The first-order chi connectivity index (χ1) is 9.61. The molecule has 2 rings (SSSR count). The number of hydrogen-bond donors (Lipinski definition) is 2. The molecule has 0 aliphatic carbocycles. The monoisotopic (exact) mass is 271 g/mol. The Morgan fingerprint density at radius 2 is 2.15 bits per heavy atom. The van der Waals surface area contributed by atoms with E-state index in [4.69, 9.17) is 0 Å². The summed E-state index contributed by atoms with van der Waals surface area (Å²) in [6.45, 7) is 7.24. The molecule has 0 fully saturated rings. The predicted octanol–water partition coefficient (Wildman–Crippen LogP) is 3.22. The molecule has 0 saturated carbocycles. The van der Waals surface area contributed by atoms with Crippen LogP contribution < -0.4 is 5.32 Å². The van der Waals surface area contributed by atoms with Gasteiger partial charge < -0.3 is 10.4 Å². The number of nitrogens with zero attached hydrogens (tertiary/aromatic N) is 2. The van der Waals surface area contributed by atoms with Crippen molar-refractivity contribution in [3.8, 4) is 17.1 Å². The highest BCUT2D eigenvalue weighted by Gasteiger charge is 2.11. The first-order valence-electron chi connectivity index (χ1n) is 6.98. The molecular weight excluding hydrogens is 250 g/mol. The van der Waals surface area contributed by atoms with E-state index in [0.29, 0.717) is 5.82 Å². The molecule has 20 heavy (non-hydrogen) atoms. The number of hydrogen-bond acceptors (Lipinski definition) is 4. The molecule has 0 aliphatic rings. The lowest BCUT2D eigenvalue weighted by Crippen LogP contribution is -2.20. The van der Waals surface area contributed by atoms with Crippen LogP contribution in [-0.2, 0) is 0 Å². The van der Waals surface area contributed by atoms with E-state index >= 15 is 0 Å². The van der Waals surface area contributed by atoms with Crippen molar-refractivity contribution in [2.75, 3.05) is 6.54 Å². The second-order valence-electron chi connectivity index (χ2n) is 4.96. The van der Waals surface area contributed by atoms with Crippen molar-refractivity contribution < 1.29 is 5.11 Å². The molecule has 0 spiro atoms. The maximum Gasteiger partial charge on any atom is 0.159 e. The van der Waals surface area contributed by atoms with Crippen molar-refractivity contribution in [1.29, 1.82) is 0 Å². The third-order valence-corrected chi connectivity index (χ3v) is 3.29. The molecule has 1 heterocycles. The van der Waals surface area contributed by atoms with Crippen LogP contribution in [-0.4, -0.2) is 21.6 Å². The Morgan fingerprint density at radius 1 is 1.35 bits per heavy atom. The highest BCUT2D eigenvalue weighted by atomic mass is 16.3. The molecule has 1 aromatic carbocycles. The smallest absolute Gasteiger partial charge is 0.159 e. The van der Waals surface area contributed by atoms with Crippen LogP contribution in [0.25, 0.3) is 11.4 Å². The van der Waals surface area contributed by atoms with Crippen molar-refractivity contribution in [2.45, 2.75) is 33.2 Å². The van der Waals surface area contributed by atoms with Gasteiger partial charge in [-0.15, -0.1) is 0 Å². The van der Waals surface area contributed by atoms with Crippen molar-refractivity contribution >= 4 is 0 Å². The third-order valence-electron chi connectivity index (χ3n) is 3.29. The average molecular weight is 271 g/mol. The molecule has 1 aromatic heterocycles. The summed E-state index contributed by atoms with van der Waals surface area (Å²) in [6, 6.07) is 7.25. The van der Waals surface area contributed by atoms with Crippen molar-refractivity contribution in [3.63, 3.8) is 0 Å². The summed E-state index contributed by atoms with van der Waals surface area (Å²) >= 11 is 0. The summed E-state index contributed by atoms with van der Waals surface area (Å²) in [5, 5.41) is 13.0. The number of aryl methyl sites for hydroxylation is 1. The molecule has 1 unspecified atom stereocenters. The highest BCUT2D eigenvalue weighted by molar-refractivity contribution is 5.57. The van der Waals surface area contributed by atoms with Gasteiger partial charge in [-0.25, -0.2) is 9.97 Å². The predicted molar refractivity (Wildman–Crippen MR) is 80.6 cm³/mol. The Morgan fingerprint density at radius 3 is 2.80 bits per heavy atom. The Kier molecular flexibility index (Phi) is 4.69. The fraction of sp³-hybridized carbons (Fsp3) is 0.375. The topological polar surface area (TPSA) is 58.0 Å². The van der Waals surface area contributed by atoms with Gasteiger partial charge in [0, 0.05) is 29.1 Å². The van der Waals surface area contributed by atoms with E-state index in [0.717, 1.165) is 29.8 Å². The zero-order valence-electron chi connectivity index (χ0n) is 12.2. The van der Waals surface area contributed by atoms with Gasteiger partial charge in [0.2, 0.25) is 0 Å². The Hall–Kier alpha value is -1.94. The van der Waals surface area contributed by atoms with Crippen LogP contribution in [0.4, 0.5) is 0 Å². The molecule has 1 atom stereocenters. The third kappa shape index (κ3) is 3.33. The quantitative estimate of drug-likeness (QED) is 0.876. The Bertz CT molecular complexity index is 584. The second-order valence-corrected chi connectivity index (χ2v) is 4.96. The van der Waals surface area contributed by atoms with Gasteiger partial charge in [-0.1, -0.05) is 19.1 Å². The van der Waals surface area contributed by atoms with Gasteiger partial charge in [0.1, 0.15) is 5.75 Å². The van der Waals surface area contributed by atoms with Crippen LogP contribution in [0.3, 0.4) is 0 Å². The van der Waals surface area contributed by atoms with Gasteiger partial charge in [0.15, 0.2) is 5.82 Å². The first kappa shape index (κ1) is 14.5. The molecular formula is C16H21N3O.